The van der Waals surface area contributed by atoms with E-state index >= 15 is 0 Å². The van der Waals surface area contributed by atoms with Gasteiger partial charge in [-0.25, -0.2) is 4.98 Å². The van der Waals surface area contributed by atoms with Gasteiger partial charge in [0.25, 0.3) is 0 Å². The first kappa shape index (κ1) is 11.5. The van der Waals surface area contributed by atoms with Crippen LogP contribution in [0, 0.1) is 0 Å². The van der Waals surface area contributed by atoms with Crippen LogP contribution in [0.2, 0.25) is 0 Å². The molecule has 0 aliphatic heterocycles. The highest BCUT2D eigenvalue weighted by molar-refractivity contribution is 5.94. The molecule has 1 saturated carbocycles. The molecular weight excluding hydrogens is 222 g/mol. The van der Waals surface area contributed by atoms with E-state index in [4.69, 9.17) is 5.73 Å². The van der Waals surface area contributed by atoms with Crippen LogP contribution in [-0.4, -0.2) is 18.1 Å². The fourth-order valence-electron chi connectivity index (χ4n) is 2.63. The lowest BCUT2D eigenvalue weighted by Crippen LogP contribution is -2.37. The van der Waals surface area contributed by atoms with E-state index in [9.17, 15) is 0 Å². The van der Waals surface area contributed by atoms with Gasteiger partial charge >= 0.3 is 0 Å². The van der Waals surface area contributed by atoms with Gasteiger partial charge in [0.05, 0.1) is 0 Å². The Morgan fingerprint density at radius 3 is 2.61 bits per heavy atom. The van der Waals surface area contributed by atoms with E-state index < -0.39 is 0 Å². The summed E-state index contributed by atoms with van der Waals surface area (Å²) in [6.45, 7) is 0.543. The van der Waals surface area contributed by atoms with Crippen LogP contribution in [-0.2, 0) is 6.54 Å². The van der Waals surface area contributed by atoms with Gasteiger partial charge in [-0.05, 0) is 30.2 Å². The summed E-state index contributed by atoms with van der Waals surface area (Å²) < 4.78 is 0. The van der Waals surface area contributed by atoms with Crippen molar-refractivity contribution in [2.24, 2.45) is 5.73 Å². The average Bonchev–Trinajstić information content (AvgIpc) is 2.35. The van der Waals surface area contributed by atoms with Gasteiger partial charge in [0.15, 0.2) is 0 Å². The maximum Gasteiger partial charge on any atom is 0.136 e. The highest BCUT2D eigenvalue weighted by atomic mass is 15.2. The minimum absolute atomic E-state index is 0.543. The van der Waals surface area contributed by atoms with E-state index in [1.807, 2.05) is 6.20 Å². The number of rotatable bonds is 3. The molecule has 18 heavy (non-hydrogen) atoms. The molecule has 0 radical (unpaired) electrons. The molecule has 1 aliphatic carbocycles. The Labute approximate surface area is 108 Å². The van der Waals surface area contributed by atoms with Crippen LogP contribution < -0.4 is 10.6 Å². The van der Waals surface area contributed by atoms with Gasteiger partial charge in [-0.1, -0.05) is 24.3 Å². The van der Waals surface area contributed by atoms with E-state index in [-0.39, 0.29) is 0 Å². The molecule has 1 aromatic carbocycles. The molecule has 3 heteroatoms. The van der Waals surface area contributed by atoms with E-state index in [1.54, 1.807) is 0 Å². The Bertz CT molecular complexity index is 561. The number of hydrogen-bond donors (Lipinski definition) is 1. The summed E-state index contributed by atoms with van der Waals surface area (Å²) in [6.07, 6.45) is 5.83. The molecule has 2 aromatic rings. The standard InChI is InChI=1S/C15H19N3/c1-18(12-5-4-6-12)15-14-8-3-2-7-13(14)11(9-16)10-17-15/h2-3,7-8,10,12H,4-6,9,16H2,1H3. The fraction of sp³-hybridized carbons (Fsp3) is 0.400. The largest absolute Gasteiger partial charge is 0.356 e. The third-order valence-corrected chi connectivity index (χ3v) is 4.03. The molecule has 0 amide bonds. The van der Waals surface area contributed by atoms with Crippen LogP contribution >= 0.6 is 0 Å². The second-order valence-corrected chi connectivity index (χ2v) is 5.05. The van der Waals surface area contributed by atoms with Crippen LogP contribution in [0.1, 0.15) is 24.8 Å². The molecule has 0 unspecified atom stereocenters. The number of benzene rings is 1. The first-order chi connectivity index (χ1) is 8.81. The van der Waals surface area contributed by atoms with Gasteiger partial charge in [0, 0.05) is 31.2 Å². The summed E-state index contributed by atoms with van der Waals surface area (Å²) in [5, 5.41) is 2.45. The SMILES string of the molecule is CN(c1ncc(CN)c2ccccc12)C1CCC1. The topological polar surface area (TPSA) is 42.2 Å². The molecule has 3 rings (SSSR count). The summed E-state index contributed by atoms with van der Waals surface area (Å²) in [5.74, 6) is 1.09. The Hall–Kier alpha value is -1.61. The summed E-state index contributed by atoms with van der Waals surface area (Å²) in [5.41, 5.74) is 6.91. The van der Waals surface area contributed by atoms with Gasteiger partial charge in [-0.15, -0.1) is 0 Å². The number of hydrogen-bond acceptors (Lipinski definition) is 3. The van der Waals surface area contributed by atoms with E-state index in [0.717, 1.165) is 11.4 Å². The molecule has 3 nitrogen and oxygen atoms in total. The number of pyridine rings is 1. The Kier molecular flexibility index (Phi) is 2.92. The first-order valence-electron chi connectivity index (χ1n) is 6.61. The highest BCUT2D eigenvalue weighted by Crippen LogP contribution is 2.32. The second-order valence-electron chi connectivity index (χ2n) is 5.05. The van der Waals surface area contributed by atoms with Gasteiger partial charge < -0.3 is 10.6 Å². The van der Waals surface area contributed by atoms with Gasteiger partial charge in [0.2, 0.25) is 0 Å². The van der Waals surface area contributed by atoms with Crippen LogP contribution in [0.4, 0.5) is 5.82 Å². The zero-order valence-electron chi connectivity index (χ0n) is 10.8. The van der Waals surface area contributed by atoms with E-state index in [2.05, 4.69) is 41.2 Å². The Morgan fingerprint density at radius 2 is 2.00 bits per heavy atom. The molecule has 1 aliphatic rings. The summed E-state index contributed by atoms with van der Waals surface area (Å²) in [4.78, 5) is 6.95. The predicted molar refractivity (Wildman–Crippen MR) is 75.7 cm³/mol. The maximum atomic E-state index is 5.79. The molecule has 1 fully saturated rings. The highest BCUT2D eigenvalue weighted by Gasteiger charge is 2.24. The Balaban J connectivity index is 2.12. The lowest BCUT2D eigenvalue weighted by molar-refractivity contribution is 0.400. The maximum absolute atomic E-state index is 5.79. The minimum atomic E-state index is 0.543. The average molecular weight is 241 g/mol. The normalized spacial score (nSPS) is 15.7. The predicted octanol–water partition coefficient (Wildman–Crippen LogP) is 2.68. The van der Waals surface area contributed by atoms with Crippen molar-refractivity contribution in [1.82, 2.24) is 4.98 Å². The van der Waals surface area contributed by atoms with Crippen molar-refractivity contribution in [3.8, 4) is 0 Å². The lowest BCUT2D eigenvalue weighted by Gasteiger charge is -2.36. The van der Waals surface area contributed by atoms with Crippen molar-refractivity contribution < 1.29 is 0 Å². The van der Waals surface area contributed by atoms with Crippen LogP contribution in [0.25, 0.3) is 10.8 Å². The van der Waals surface area contributed by atoms with Crippen LogP contribution in [0.15, 0.2) is 30.5 Å². The number of fused-ring (bicyclic) bond motifs is 1. The van der Waals surface area contributed by atoms with Gasteiger partial charge in [-0.3, -0.25) is 0 Å². The molecule has 94 valence electrons. The summed E-state index contributed by atoms with van der Waals surface area (Å²) in [6, 6.07) is 9.07. The van der Waals surface area contributed by atoms with Crippen molar-refractivity contribution >= 4 is 16.6 Å². The molecule has 2 N–H and O–H groups in total. The third-order valence-electron chi connectivity index (χ3n) is 4.03. The van der Waals surface area contributed by atoms with Gasteiger partial charge in [0.1, 0.15) is 5.82 Å². The number of anilines is 1. The van der Waals surface area contributed by atoms with E-state index in [0.29, 0.717) is 12.6 Å². The van der Waals surface area contributed by atoms with Crippen molar-refractivity contribution in [2.45, 2.75) is 31.8 Å². The molecule has 0 saturated heterocycles. The number of nitrogens with zero attached hydrogens (tertiary/aromatic N) is 2. The molecule has 1 heterocycles. The fourth-order valence-corrected chi connectivity index (χ4v) is 2.63. The molecule has 0 spiro atoms. The number of nitrogens with two attached hydrogens (primary N) is 1. The van der Waals surface area contributed by atoms with Crippen LogP contribution in [0.3, 0.4) is 0 Å². The second kappa shape index (κ2) is 4.58. The Morgan fingerprint density at radius 1 is 1.28 bits per heavy atom. The lowest BCUT2D eigenvalue weighted by atomic mass is 9.91. The molecule has 0 atom stereocenters. The zero-order chi connectivity index (χ0) is 12.5. The number of aromatic nitrogens is 1. The van der Waals surface area contributed by atoms with Crippen molar-refractivity contribution in [3.63, 3.8) is 0 Å². The molecule has 1 aromatic heterocycles. The monoisotopic (exact) mass is 241 g/mol. The summed E-state index contributed by atoms with van der Waals surface area (Å²) >= 11 is 0. The molecule has 0 bridgehead atoms. The quantitative estimate of drug-likeness (QED) is 0.898. The first-order valence-corrected chi connectivity index (χ1v) is 6.61. The summed E-state index contributed by atoms with van der Waals surface area (Å²) in [7, 11) is 2.15. The third kappa shape index (κ3) is 1.75. The smallest absolute Gasteiger partial charge is 0.136 e. The van der Waals surface area contributed by atoms with Crippen LogP contribution in [0.5, 0.6) is 0 Å². The minimum Gasteiger partial charge on any atom is -0.356 e. The zero-order valence-corrected chi connectivity index (χ0v) is 10.8. The van der Waals surface area contributed by atoms with Gasteiger partial charge in [-0.2, -0.15) is 0 Å². The van der Waals surface area contributed by atoms with E-state index in [1.165, 1.54) is 30.0 Å². The van der Waals surface area contributed by atoms with Crippen molar-refractivity contribution in [3.05, 3.63) is 36.0 Å². The van der Waals surface area contributed by atoms with Crippen molar-refractivity contribution in [2.75, 3.05) is 11.9 Å². The van der Waals surface area contributed by atoms with Crippen molar-refractivity contribution in [1.29, 1.82) is 0 Å². The molecular formula is C15H19N3.